The normalized spacial score (nSPS) is 27.6. The maximum absolute atomic E-state index is 12.4. The average molecular weight is 287 g/mol. The van der Waals surface area contributed by atoms with Crippen molar-refractivity contribution in [1.29, 1.82) is 0 Å². The molecule has 0 saturated heterocycles. The summed E-state index contributed by atoms with van der Waals surface area (Å²) in [5.74, 6) is 0.878. The highest BCUT2D eigenvalue weighted by Gasteiger charge is 2.38. The first-order chi connectivity index (χ1) is 10.2. The molecule has 4 heteroatoms. The highest BCUT2D eigenvalue weighted by molar-refractivity contribution is 5.80. The van der Waals surface area contributed by atoms with Crippen LogP contribution in [0.25, 0.3) is 0 Å². The third-order valence-electron chi connectivity index (χ3n) is 4.34. The largest absolute Gasteiger partial charge is 0.491 e. The minimum atomic E-state index is -0.702. The highest BCUT2D eigenvalue weighted by Crippen LogP contribution is 2.30. The second-order valence-corrected chi connectivity index (χ2v) is 5.98. The van der Waals surface area contributed by atoms with Crippen LogP contribution in [0.1, 0.15) is 24.8 Å². The van der Waals surface area contributed by atoms with E-state index < -0.39 is 5.54 Å². The van der Waals surface area contributed by atoms with Crippen LogP contribution in [0.4, 0.5) is 0 Å². The fourth-order valence-electron chi connectivity index (χ4n) is 3.04. The smallest absolute Gasteiger partial charge is 0.224 e. The highest BCUT2D eigenvalue weighted by atomic mass is 16.5. The molecule has 2 atom stereocenters. The molecule has 112 valence electrons. The molecule has 2 unspecified atom stereocenters. The van der Waals surface area contributed by atoms with Gasteiger partial charge in [-0.25, -0.2) is 0 Å². The van der Waals surface area contributed by atoms with E-state index in [0.717, 1.165) is 30.6 Å². The van der Waals surface area contributed by atoms with Crippen LogP contribution >= 0.6 is 0 Å². The Bertz CT molecular complexity index is 555. The molecule has 1 aliphatic heterocycles. The van der Waals surface area contributed by atoms with Gasteiger partial charge in [0.05, 0.1) is 6.61 Å². The lowest BCUT2D eigenvalue weighted by atomic mass is 9.87. The Morgan fingerprint density at radius 1 is 1.38 bits per heavy atom. The Labute approximate surface area is 124 Å². The molecule has 0 radical (unpaired) electrons. The molecule has 1 amide bonds. The molecule has 0 fully saturated rings. The summed E-state index contributed by atoms with van der Waals surface area (Å²) in [6.45, 7) is 0.199. The van der Waals surface area contributed by atoms with Gasteiger partial charge in [-0.15, -0.1) is 0 Å². The Balaban J connectivity index is 1.73. The summed E-state index contributed by atoms with van der Waals surface area (Å²) in [6, 6.07) is 7.78. The molecule has 2 aliphatic rings. The lowest BCUT2D eigenvalue weighted by Gasteiger charge is -2.38. The van der Waals surface area contributed by atoms with Gasteiger partial charge >= 0.3 is 0 Å². The van der Waals surface area contributed by atoms with Crippen molar-refractivity contribution in [3.05, 3.63) is 42.0 Å². The molecule has 1 aromatic carbocycles. The number of amides is 1. The topological polar surface area (TPSA) is 58.6 Å². The molecule has 1 aliphatic carbocycles. The predicted octanol–water partition coefficient (Wildman–Crippen LogP) is 1.83. The van der Waals surface area contributed by atoms with Crippen LogP contribution in [-0.2, 0) is 11.2 Å². The Hall–Kier alpha value is -1.81. The predicted molar refractivity (Wildman–Crippen MR) is 80.1 cm³/mol. The van der Waals surface area contributed by atoms with Crippen LogP contribution < -0.4 is 10.1 Å². The first kappa shape index (κ1) is 14.1. The SMILES string of the molecule is O=C(NC1(CO)COc2ccccc2C1)C1CC=CCC1. The summed E-state index contributed by atoms with van der Waals surface area (Å²) >= 11 is 0. The van der Waals surface area contributed by atoms with Crippen molar-refractivity contribution in [2.75, 3.05) is 13.2 Å². The number of allylic oxidation sites excluding steroid dienone is 2. The van der Waals surface area contributed by atoms with E-state index in [1.807, 2.05) is 24.3 Å². The third kappa shape index (κ3) is 2.95. The van der Waals surface area contributed by atoms with Crippen molar-refractivity contribution in [3.8, 4) is 5.75 Å². The molecule has 2 N–H and O–H groups in total. The molecule has 0 saturated carbocycles. The van der Waals surface area contributed by atoms with E-state index in [2.05, 4.69) is 17.5 Å². The van der Waals surface area contributed by atoms with Crippen LogP contribution in [0, 0.1) is 5.92 Å². The number of hydrogen-bond acceptors (Lipinski definition) is 3. The van der Waals surface area contributed by atoms with E-state index >= 15 is 0 Å². The van der Waals surface area contributed by atoms with Gasteiger partial charge in [-0.3, -0.25) is 4.79 Å². The maximum atomic E-state index is 12.4. The van der Waals surface area contributed by atoms with Gasteiger partial charge in [-0.1, -0.05) is 30.4 Å². The molecule has 0 aromatic heterocycles. The zero-order valence-corrected chi connectivity index (χ0v) is 12.0. The first-order valence-electron chi connectivity index (χ1n) is 7.51. The average Bonchev–Trinajstić information content (AvgIpc) is 2.55. The quantitative estimate of drug-likeness (QED) is 0.834. The number of aliphatic hydroxyl groups is 1. The van der Waals surface area contributed by atoms with Crippen molar-refractivity contribution >= 4 is 5.91 Å². The number of fused-ring (bicyclic) bond motifs is 1. The van der Waals surface area contributed by atoms with Crippen LogP contribution in [0.15, 0.2) is 36.4 Å². The van der Waals surface area contributed by atoms with Crippen LogP contribution in [0.3, 0.4) is 0 Å². The zero-order valence-electron chi connectivity index (χ0n) is 12.0. The number of hydrogen-bond donors (Lipinski definition) is 2. The zero-order chi connectivity index (χ0) is 14.7. The molecule has 1 aromatic rings. The minimum absolute atomic E-state index is 0.00981. The second kappa shape index (κ2) is 5.90. The van der Waals surface area contributed by atoms with Crippen molar-refractivity contribution in [1.82, 2.24) is 5.32 Å². The lowest BCUT2D eigenvalue weighted by molar-refractivity contribution is -0.128. The first-order valence-corrected chi connectivity index (χ1v) is 7.51. The molecule has 3 rings (SSSR count). The van der Waals surface area contributed by atoms with Gasteiger partial charge in [0.2, 0.25) is 5.91 Å². The van der Waals surface area contributed by atoms with Gasteiger partial charge in [0.1, 0.15) is 17.9 Å². The lowest BCUT2D eigenvalue weighted by Crippen LogP contribution is -2.59. The molecular formula is C17H21NO3. The molecular weight excluding hydrogens is 266 g/mol. The number of ether oxygens (including phenoxy) is 1. The van der Waals surface area contributed by atoms with Crippen molar-refractivity contribution in [2.24, 2.45) is 5.92 Å². The maximum Gasteiger partial charge on any atom is 0.224 e. The number of carbonyl (C=O) groups is 1. The molecule has 0 bridgehead atoms. The van der Waals surface area contributed by atoms with E-state index in [1.54, 1.807) is 0 Å². The van der Waals surface area contributed by atoms with Crippen molar-refractivity contribution < 1.29 is 14.6 Å². The fourth-order valence-corrected chi connectivity index (χ4v) is 3.04. The summed E-state index contributed by atoms with van der Waals surface area (Å²) in [6.07, 6.45) is 7.39. The molecule has 4 nitrogen and oxygen atoms in total. The number of rotatable bonds is 3. The Morgan fingerprint density at radius 3 is 3.00 bits per heavy atom. The number of carbonyl (C=O) groups excluding carboxylic acids is 1. The van der Waals surface area contributed by atoms with Crippen molar-refractivity contribution in [3.63, 3.8) is 0 Å². The van der Waals surface area contributed by atoms with Gasteiger partial charge < -0.3 is 15.2 Å². The monoisotopic (exact) mass is 287 g/mol. The second-order valence-electron chi connectivity index (χ2n) is 5.98. The standard InChI is InChI=1S/C17H21NO3/c19-11-17(18-16(20)13-6-2-1-3-7-13)10-14-8-4-5-9-15(14)21-12-17/h1-2,4-5,8-9,13,19H,3,6-7,10-12H2,(H,18,20). The summed E-state index contributed by atoms with van der Waals surface area (Å²) in [5.41, 5.74) is 0.328. The summed E-state index contributed by atoms with van der Waals surface area (Å²) in [4.78, 5) is 12.4. The number of nitrogens with one attached hydrogen (secondary N) is 1. The summed E-state index contributed by atoms with van der Waals surface area (Å²) in [5, 5.41) is 12.9. The number of para-hydroxylation sites is 1. The minimum Gasteiger partial charge on any atom is -0.491 e. The van der Waals surface area contributed by atoms with E-state index in [-0.39, 0.29) is 18.4 Å². The van der Waals surface area contributed by atoms with E-state index in [9.17, 15) is 9.90 Å². The number of aliphatic hydroxyl groups excluding tert-OH is 1. The van der Waals surface area contributed by atoms with Crippen molar-refractivity contribution in [2.45, 2.75) is 31.2 Å². The van der Waals surface area contributed by atoms with Gasteiger partial charge in [0, 0.05) is 12.3 Å². The van der Waals surface area contributed by atoms with Gasteiger partial charge in [-0.2, -0.15) is 0 Å². The van der Waals surface area contributed by atoms with E-state index in [1.165, 1.54) is 0 Å². The van der Waals surface area contributed by atoms with Gasteiger partial charge in [-0.05, 0) is 30.9 Å². The van der Waals surface area contributed by atoms with Crippen LogP contribution in [0.5, 0.6) is 5.75 Å². The van der Waals surface area contributed by atoms with Crippen LogP contribution in [0.2, 0.25) is 0 Å². The Kier molecular flexibility index (Phi) is 3.97. The van der Waals surface area contributed by atoms with Gasteiger partial charge in [0.15, 0.2) is 0 Å². The molecule has 21 heavy (non-hydrogen) atoms. The summed E-state index contributed by atoms with van der Waals surface area (Å²) < 4.78 is 5.73. The third-order valence-corrected chi connectivity index (χ3v) is 4.34. The van der Waals surface area contributed by atoms with Gasteiger partial charge in [0.25, 0.3) is 0 Å². The van der Waals surface area contributed by atoms with E-state index in [0.29, 0.717) is 13.0 Å². The Morgan fingerprint density at radius 2 is 2.24 bits per heavy atom. The fraction of sp³-hybridized carbons (Fsp3) is 0.471. The molecule has 1 heterocycles. The number of benzene rings is 1. The summed E-state index contributed by atoms with van der Waals surface area (Å²) in [7, 11) is 0. The van der Waals surface area contributed by atoms with E-state index in [4.69, 9.17) is 4.74 Å². The molecule has 0 spiro atoms. The van der Waals surface area contributed by atoms with Crippen LogP contribution in [-0.4, -0.2) is 29.8 Å².